The van der Waals surface area contributed by atoms with Crippen molar-refractivity contribution in [3.05, 3.63) is 0 Å². The number of carbonyl (C=O) groups excluding carboxylic acids is 2. The molecule has 1 rings (SSSR count). The largest absolute Gasteiger partial charge is 0.450 e. The van der Waals surface area contributed by atoms with Crippen molar-refractivity contribution in [2.24, 2.45) is 0 Å². The van der Waals surface area contributed by atoms with Gasteiger partial charge in [-0.25, -0.2) is 4.79 Å². The van der Waals surface area contributed by atoms with Crippen LogP contribution in [0.25, 0.3) is 0 Å². The van der Waals surface area contributed by atoms with Crippen molar-refractivity contribution >= 4 is 11.8 Å². The molecule has 0 radical (unpaired) electrons. The van der Waals surface area contributed by atoms with Crippen molar-refractivity contribution in [2.45, 2.75) is 83.0 Å². The van der Waals surface area contributed by atoms with Crippen LogP contribution in [-0.4, -0.2) is 53.5 Å². The summed E-state index contributed by atoms with van der Waals surface area (Å²) in [6, 6.07) is 0. The first kappa shape index (κ1) is 20.1. The average molecular weight is 330 g/mol. The molecule has 2 N–H and O–H groups in total. The molecule has 1 unspecified atom stereocenters. The topological polar surface area (TPSA) is 93.1 Å². The van der Waals surface area contributed by atoms with E-state index in [1.807, 2.05) is 0 Å². The Morgan fingerprint density at radius 2 is 1.61 bits per heavy atom. The van der Waals surface area contributed by atoms with E-state index in [0.717, 1.165) is 19.3 Å². The van der Waals surface area contributed by atoms with E-state index in [0.29, 0.717) is 6.61 Å². The van der Waals surface area contributed by atoms with E-state index in [1.165, 1.54) is 38.5 Å². The molecular formula is C17H30O6. The minimum Gasteiger partial charge on any atom is -0.450 e. The highest BCUT2D eigenvalue weighted by atomic mass is 16.6. The van der Waals surface area contributed by atoms with Crippen molar-refractivity contribution in [1.29, 1.82) is 0 Å². The number of ketones is 1. The maximum Gasteiger partial charge on any atom is 0.378 e. The van der Waals surface area contributed by atoms with Gasteiger partial charge in [-0.05, 0) is 6.42 Å². The summed E-state index contributed by atoms with van der Waals surface area (Å²) in [5.74, 6) is -1.78. The van der Waals surface area contributed by atoms with Crippen molar-refractivity contribution in [3.63, 3.8) is 0 Å². The number of rotatable bonds is 13. The van der Waals surface area contributed by atoms with Crippen LogP contribution in [0.3, 0.4) is 0 Å². The molecule has 1 saturated heterocycles. The zero-order valence-corrected chi connectivity index (χ0v) is 14.0. The van der Waals surface area contributed by atoms with Gasteiger partial charge in [0.15, 0.2) is 12.2 Å². The quantitative estimate of drug-likeness (QED) is 0.304. The van der Waals surface area contributed by atoms with Gasteiger partial charge in [0.25, 0.3) is 5.78 Å². The predicted molar refractivity (Wildman–Crippen MR) is 84.9 cm³/mol. The number of hydrogen-bond acceptors (Lipinski definition) is 6. The Hall–Kier alpha value is -0.980. The van der Waals surface area contributed by atoms with E-state index in [4.69, 9.17) is 14.6 Å². The molecule has 134 valence electrons. The third kappa shape index (κ3) is 6.97. The lowest BCUT2D eigenvalue weighted by atomic mass is 10.1. The third-order valence-corrected chi connectivity index (χ3v) is 4.11. The number of carbonyl (C=O) groups is 2. The summed E-state index contributed by atoms with van der Waals surface area (Å²) in [6.45, 7) is 1.97. The minimum atomic E-state index is -1.29. The summed E-state index contributed by atoms with van der Waals surface area (Å²) in [4.78, 5) is 22.9. The predicted octanol–water partition coefficient (Wildman–Crippen LogP) is 1.75. The van der Waals surface area contributed by atoms with E-state index in [2.05, 4.69) is 6.92 Å². The van der Waals surface area contributed by atoms with Gasteiger partial charge in [-0.1, -0.05) is 58.3 Å². The number of cyclic esters (lactones) is 1. The fourth-order valence-electron chi connectivity index (χ4n) is 2.69. The molecule has 0 amide bonds. The summed E-state index contributed by atoms with van der Waals surface area (Å²) in [7, 11) is 0. The normalized spacial score (nSPS) is 22.4. The number of hydrogen-bond donors (Lipinski definition) is 2. The molecule has 0 saturated carbocycles. The molecule has 0 aromatic rings. The number of esters is 1. The van der Waals surface area contributed by atoms with Crippen LogP contribution < -0.4 is 0 Å². The van der Waals surface area contributed by atoms with Gasteiger partial charge in [0, 0.05) is 6.61 Å². The summed E-state index contributed by atoms with van der Waals surface area (Å²) < 4.78 is 10.2. The van der Waals surface area contributed by atoms with Crippen LogP contribution in [0.15, 0.2) is 0 Å². The van der Waals surface area contributed by atoms with Gasteiger partial charge in [-0.15, -0.1) is 0 Å². The molecule has 6 nitrogen and oxygen atoms in total. The molecular weight excluding hydrogens is 300 g/mol. The zero-order chi connectivity index (χ0) is 17.1. The Balaban J connectivity index is 2.12. The van der Waals surface area contributed by atoms with E-state index < -0.39 is 36.7 Å². The van der Waals surface area contributed by atoms with Crippen LogP contribution in [0.1, 0.15) is 64.7 Å². The first-order chi connectivity index (χ1) is 11.1. The third-order valence-electron chi connectivity index (χ3n) is 4.11. The van der Waals surface area contributed by atoms with Crippen molar-refractivity contribution in [2.75, 3.05) is 13.2 Å². The average Bonchev–Trinajstić information content (AvgIpc) is 2.84. The monoisotopic (exact) mass is 330 g/mol. The second kappa shape index (κ2) is 11.5. The van der Waals surface area contributed by atoms with Crippen molar-refractivity contribution < 1.29 is 29.3 Å². The Bertz CT molecular complexity index is 357. The lowest BCUT2D eigenvalue weighted by molar-refractivity contribution is -0.152. The number of aliphatic hydroxyl groups excluding tert-OH is 2. The van der Waals surface area contributed by atoms with E-state index in [-0.39, 0.29) is 0 Å². The Morgan fingerprint density at radius 3 is 2.17 bits per heavy atom. The second-order valence-corrected chi connectivity index (χ2v) is 6.10. The number of unbranched alkanes of at least 4 members (excludes halogenated alkanes) is 8. The molecule has 0 aromatic carbocycles. The van der Waals surface area contributed by atoms with E-state index in [1.54, 1.807) is 0 Å². The first-order valence-electron chi connectivity index (χ1n) is 8.77. The highest BCUT2D eigenvalue weighted by Gasteiger charge is 2.47. The minimum absolute atomic E-state index is 0.345. The zero-order valence-electron chi connectivity index (χ0n) is 14.0. The molecule has 0 aliphatic carbocycles. The molecule has 0 aromatic heterocycles. The smallest absolute Gasteiger partial charge is 0.378 e. The Morgan fingerprint density at radius 1 is 1.04 bits per heavy atom. The van der Waals surface area contributed by atoms with Crippen molar-refractivity contribution in [3.8, 4) is 0 Å². The van der Waals surface area contributed by atoms with Gasteiger partial charge >= 0.3 is 5.97 Å². The van der Waals surface area contributed by atoms with E-state index in [9.17, 15) is 14.7 Å². The summed E-state index contributed by atoms with van der Waals surface area (Å²) in [5, 5.41) is 18.5. The fraction of sp³-hybridized carbons (Fsp3) is 0.882. The second-order valence-electron chi connectivity index (χ2n) is 6.10. The van der Waals surface area contributed by atoms with Crippen LogP contribution >= 0.6 is 0 Å². The van der Waals surface area contributed by atoms with Gasteiger partial charge in [-0.2, -0.15) is 0 Å². The van der Waals surface area contributed by atoms with Gasteiger partial charge in [0.1, 0.15) is 6.10 Å². The number of aliphatic hydroxyl groups is 2. The fourth-order valence-corrected chi connectivity index (χ4v) is 2.69. The van der Waals surface area contributed by atoms with Crippen molar-refractivity contribution in [1.82, 2.24) is 0 Å². The molecule has 1 fully saturated rings. The van der Waals surface area contributed by atoms with E-state index >= 15 is 0 Å². The maximum atomic E-state index is 11.6. The van der Waals surface area contributed by atoms with Gasteiger partial charge in [0.05, 0.1) is 6.61 Å². The molecule has 1 heterocycles. The first-order valence-corrected chi connectivity index (χ1v) is 8.77. The molecule has 0 spiro atoms. The standard InChI is InChI=1S/C17H30O6/c1-2-3-4-5-6-7-8-9-10-11-22-16-14(20)17(21)23-15(16)13(19)12-18/h13,15-16,18-19H,2-12H2,1H3/t13-,15+,16?/m0/s1. The number of Topliss-reactive ketones (excluding diaryl/α,β-unsaturated/α-hetero) is 1. The van der Waals surface area contributed by atoms with Crippen LogP contribution in [0.4, 0.5) is 0 Å². The SMILES string of the molecule is CCCCCCCCCCCOC1C(=O)C(=O)O[C@@H]1[C@@H](O)CO. The maximum absolute atomic E-state index is 11.6. The van der Waals surface area contributed by atoms with Gasteiger partial charge < -0.3 is 19.7 Å². The lowest BCUT2D eigenvalue weighted by Crippen LogP contribution is -2.41. The van der Waals surface area contributed by atoms with Gasteiger partial charge in [-0.3, -0.25) is 4.79 Å². The molecule has 1 aliphatic heterocycles. The van der Waals surface area contributed by atoms with Crippen LogP contribution in [0.2, 0.25) is 0 Å². The molecule has 1 aliphatic rings. The highest BCUT2D eigenvalue weighted by molar-refractivity contribution is 6.37. The Labute approximate surface area is 138 Å². The molecule has 3 atom stereocenters. The number of ether oxygens (including phenoxy) is 2. The van der Waals surface area contributed by atoms with Crippen LogP contribution in [0, 0.1) is 0 Å². The lowest BCUT2D eigenvalue weighted by Gasteiger charge is -2.20. The summed E-state index contributed by atoms with van der Waals surface area (Å²) in [5.41, 5.74) is 0. The van der Waals surface area contributed by atoms with Crippen LogP contribution in [0.5, 0.6) is 0 Å². The molecule has 0 bridgehead atoms. The summed E-state index contributed by atoms with van der Waals surface area (Å²) >= 11 is 0. The highest BCUT2D eigenvalue weighted by Crippen LogP contribution is 2.19. The Kier molecular flexibility index (Phi) is 10.1. The van der Waals surface area contributed by atoms with Gasteiger partial charge in [0.2, 0.25) is 0 Å². The molecule has 6 heteroatoms. The molecule has 23 heavy (non-hydrogen) atoms. The summed E-state index contributed by atoms with van der Waals surface area (Å²) in [6.07, 6.45) is 7.09. The van der Waals surface area contributed by atoms with Crippen LogP contribution in [-0.2, 0) is 19.1 Å².